The van der Waals surface area contributed by atoms with Crippen LogP contribution in [0.4, 0.5) is 15.1 Å². The standard InChI is InChI=1S/C21H27FN4O3/c1-21(2,3)29-20(27)26-10-9-25(13-17(22)14-26)19-23-11-18(12-24-19)28-15-16-7-5-4-6-8-16/h4-8,11-12,17H,9-10,13-15H2,1-3H3. The van der Waals surface area contributed by atoms with Gasteiger partial charge in [0.15, 0.2) is 5.75 Å². The van der Waals surface area contributed by atoms with E-state index in [2.05, 4.69) is 9.97 Å². The molecule has 1 aliphatic heterocycles. The summed E-state index contributed by atoms with van der Waals surface area (Å²) in [7, 11) is 0. The Morgan fingerprint density at radius 3 is 2.48 bits per heavy atom. The Bertz CT molecular complexity index is 796. The summed E-state index contributed by atoms with van der Waals surface area (Å²) in [6.45, 7) is 6.65. The van der Waals surface area contributed by atoms with Crippen molar-refractivity contribution in [3.8, 4) is 5.75 Å². The second kappa shape index (κ2) is 9.07. The maximum Gasteiger partial charge on any atom is 0.410 e. The first-order valence-electron chi connectivity index (χ1n) is 9.66. The number of rotatable bonds is 4. The van der Waals surface area contributed by atoms with E-state index in [0.29, 0.717) is 31.4 Å². The number of hydrogen-bond donors (Lipinski definition) is 0. The lowest BCUT2D eigenvalue weighted by atomic mass is 10.2. The number of benzene rings is 1. The van der Waals surface area contributed by atoms with Gasteiger partial charge in [-0.25, -0.2) is 19.2 Å². The highest BCUT2D eigenvalue weighted by molar-refractivity contribution is 5.68. The van der Waals surface area contributed by atoms with Crippen LogP contribution in [0.3, 0.4) is 0 Å². The van der Waals surface area contributed by atoms with Gasteiger partial charge in [0.25, 0.3) is 0 Å². The minimum Gasteiger partial charge on any atom is -0.486 e. The van der Waals surface area contributed by atoms with Gasteiger partial charge in [0.1, 0.15) is 18.4 Å². The first-order valence-corrected chi connectivity index (χ1v) is 9.66. The predicted octanol–water partition coefficient (Wildman–Crippen LogP) is 3.45. The summed E-state index contributed by atoms with van der Waals surface area (Å²) in [5.41, 5.74) is 0.430. The maximum atomic E-state index is 14.4. The molecule has 1 aliphatic rings. The van der Waals surface area contributed by atoms with Gasteiger partial charge in [0.2, 0.25) is 5.95 Å². The predicted molar refractivity (Wildman–Crippen MR) is 108 cm³/mol. The molecule has 156 valence electrons. The van der Waals surface area contributed by atoms with Crippen LogP contribution in [-0.2, 0) is 11.3 Å². The molecule has 1 aromatic heterocycles. The first kappa shape index (κ1) is 20.8. The quantitative estimate of drug-likeness (QED) is 0.780. The van der Waals surface area contributed by atoms with Gasteiger partial charge in [-0.3, -0.25) is 0 Å². The van der Waals surface area contributed by atoms with E-state index in [1.165, 1.54) is 4.90 Å². The summed E-state index contributed by atoms with van der Waals surface area (Å²) in [6.07, 6.45) is 1.43. The largest absolute Gasteiger partial charge is 0.486 e. The lowest BCUT2D eigenvalue weighted by molar-refractivity contribution is 0.0229. The smallest absolute Gasteiger partial charge is 0.410 e. The van der Waals surface area contributed by atoms with Crippen LogP contribution in [0.25, 0.3) is 0 Å². The fraction of sp³-hybridized carbons (Fsp3) is 0.476. The molecule has 2 aromatic rings. The highest BCUT2D eigenvalue weighted by Gasteiger charge is 2.29. The molecule has 8 heteroatoms. The number of alkyl halides is 1. The van der Waals surface area contributed by atoms with Crippen molar-refractivity contribution in [2.75, 3.05) is 31.1 Å². The molecule has 1 fully saturated rings. The lowest BCUT2D eigenvalue weighted by Gasteiger charge is -2.26. The fourth-order valence-corrected chi connectivity index (χ4v) is 2.92. The lowest BCUT2D eigenvalue weighted by Crippen LogP contribution is -2.40. The Morgan fingerprint density at radius 1 is 1.14 bits per heavy atom. The van der Waals surface area contributed by atoms with Crippen LogP contribution in [0, 0.1) is 0 Å². The summed E-state index contributed by atoms with van der Waals surface area (Å²) in [4.78, 5) is 24.0. The van der Waals surface area contributed by atoms with E-state index in [0.717, 1.165) is 5.56 Å². The second-order valence-electron chi connectivity index (χ2n) is 7.96. The van der Waals surface area contributed by atoms with Crippen molar-refractivity contribution >= 4 is 12.0 Å². The minimum atomic E-state index is -1.22. The zero-order valence-corrected chi connectivity index (χ0v) is 17.0. The van der Waals surface area contributed by atoms with Crippen LogP contribution in [0.15, 0.2) is 42.7 Å². The Balaban J connectivity index is 1.58. The average molecular weight is 402 g/mol. The van der Waals surface area contributed by atoms with E-state index >= 15 is 0 Å². The van der Waals surface area contributed by atoms with Crippen molar-refractivity contribution in [1.82, 2.24) is 14.9 Å². The average Bonchev–Trinajstić information content (AvgIpc) is 2.88. The molecule has 0 radical (unpaired) electrons. The van der Waals surface area contributed by atoms with E-state index < -0.39 is 17.9 Å². The third-order valence-electron chi connectivity index (χ3n) is 4.27. The third kappa shape index (κ3) is 6.30. The second-order valence-corrected chi connectivity index (χ2v) is 7.96. The molecule has 0 N–H and O–H groups in total. The Labute approximate surface area is 170 Å². The van der Waals surface area contributed by atoms with Crippen LogP contribution in [0.2, 0.25) is 0 Å². The molecule has 2 heterocycles. The molecule has 0 spiro atoms. The zero-order chi connectivity index (χ0) is 20.9. The number of amides is 1. The summed E-state index contributed by atoms with van der Waals surface area (Å²) < 4.78 is 25.5. The van der Waals surface area contributed by atoms with E-state index in [-0.39, 0.29) is 13.1 Å². The highest BCUT2D eigenvalue weighted by Crippen LogP contribution is 2.18. The summed E-state index contributed by atoms with van der Waals surface area (Å²) in [5.74, 6) is 0.949. The number of carbonyl (C=O) groups excluding carboxylic acids is 1. The first-order chi connectivity index (χ1) is 13.8. The van der Waals surface area contributed by atoms with Gasteiger partial charge in [-0.05, 0) is 26.3 Å². The molecular weight excluding hydrogens is 375 g/mol. The number of halogens is 1. The normalized spacial score (nSPS) is 17.6. The molecule has 3 rings (SSSR count). The van der Waals surface area contributed by atoms with Gasteiger partial charge in [-0.2, -0.15) is 0 Å². The van der Waals surface area contributed by atoms with Crippen LogP contribution in [-0.4, -0.2) is 58.9 Å². The topological polar surface area (TPSA) is 67.8 Å². The minimum absolute atomic E-state index is 0.0102. The van der Waals surface area contributed by atoms with Gasteiger partial charge in [0, 0.05) is 13.1 Å². The van der Waals surface area contributed by atoms with Crippen molar-refractivity contribution in [3.63, 3.8) is 0 Å². The molecule has 1 saturated heterocycles. The molecule has 29 heavy (non-hydrogen) atoms. The number of hydrogen-bond acceptors (Lipinski definition) is 6. The molecule has 0 bridgehead atoms. The summed E-state index contributed by atoms with van der Waals surface area (Å²) in [6, 6.07) is 9.80. The Kier molecular flexibility index (Phi) is 6.51. The number of ether oxygens (including phenoxy) is 2. The third-order valence-corrected chi connectivity index (χ3v) is 4.27. The van der Waals surface area contributed by atoms with Gasteiger partial charge in [-0.15, -0.1) is 0 Å². The van der Waals surface area contributed by atoms with Crippen molar-refractivity contribution < 1.29 is 18.7 Å². The van der Waals surface area contributed by atoms with E-state index in [4.69, 9.17) is 9.47 Å². The Morgan fingerprint density at radius 2 is 1.83 bits per heavy atom. The van der Waals surface area contributed by atoms with E-state index in [1.54, 1.807) is 38.1 Å². The monoisotopic (exact) mass is 402 g/mol. The van der Waals surface area contributed by atoms with Crippen molar-refractivity contribution in [1.29, 1.82) is 0 Å². The molecule has 1 amide bonds. The van der Waals surface area contributed by atoms with Crippen LogP contribution < -0.4 is 9.64 Å². The van der Waals surface area contributed by atoms with Crippen molar-refractivity contribution in [2.45, 2.75) is 39.2 Å². The summed E-state index contributed by atoms with van der Waals surface area (Å²) in [5, 5.41) is 0. The van der Waals surface area contributed by atoms with Crippen molar-refractivity contribution in [3.05, 3.63) is 48.3 Å². The van der Waals surface area contributed by atoms with Gasteiger partial charge in [0.05, 0.1) is 25.5 Å². The molecule has 7 nitrogen and oxygen atoms in total. The van der Waals surface area contributed by atoms with Crippen LogP contribution in [0.1, 0.15) is 26.3 Å². The molecule has 0 saturated carbocycles. The maximum absolute atomic E-state index is 14.4. The van der Waals surface area contributed by atoms with Gasteiger partial charge < -0.3 is 19.3 Å². The molecule has 1 atom stereocenters. The molecule has 0 aliphatic carbocycles. The van der Waals surface area contributed by atoms with E-state index in [1.807, 2.05) is 30.3 Å². The Hall–Kier alpha value is -2.90. The van der Waals surface area contributed by atoms with Crippen LogP contribution >= 0.6 is 0 Å². The number of anilines is 1. The van der Waals surface area contributed by atoms with Gasteiger partial charge in [-0.1, -0.05) is 30.3 Å². The van der Waals surface area contributed by atoms with Gasteiger partial charge >= 0.3 is 6.09 Å². The van der Waals surface area contributed by atoms with Crippen molar-refractivity contribution in [2.24, 2.45) is 0 Å². The molecular formula is C21H27FN4O3. The SMILES string of the molecule is CC(C)(C)OC(=O)N1CCN(c2ncc(OCc3ccccc3)cn2)CC(F)C1. The fourth-order valence-electron chi connectivity index (χ4n) is 2.92. The molecule has 1 aromatic carbocycles. The summed E-state index contributed by atoms with van der Waals surface area (Å²) >= 11 is 0. The number of aromatic nitrogens is 2. The highest BCUT2D eigenvalue weighted by atomic mass is 19.1. The number of nitrogens with zero attached hydrogens (tertiary/aromatic N) is 4. The van der Waals surface area contributed by atoms with E-state index in [9.17, 15) is 9.18 Å². The number of carbonyl (C=O) groups is 1. The van der Waals surface area contributed by atoms with Crippen LogP contribution in [0.5, 0.6) is 5.75 Å². The molecule has 1 unspecified atom stereocenters. The zero-order valence-electron chi connectivity index (χ0n) is 17.0.